The predicted molar refractivity (Wildman–Crippen MR) is 74.0 cm³/mol. The Bertz CT molecular complexity index is 686. The SMILES string of the molecule is CC(=O)OC12CC3CC(C1)CC(/C([O-])=N/S(=O)(=O)C(F)(F)F)(C3)C2. The van der Waals surface area contributed by atoms with E-state index in [1.165, 1.54) is 6.92 Å². The van der Waals surface area contributed by atoms with Gasteiger partial charge >= 0.3 is 21.5 Å². The average molecular weight is 368 g/mol. The summed E-state index contributed by atoms with van der Waals surface area (Å²) in [6.45, 7) is 1.24. The van der Waals surface area contributed by atoms with Gasteiger partial charge in [-0.15, -0.1) is 0 Å². The van der Waals surface area contributed by atoms with E-state index in [1.54, 1.807) is 0 Å². The van der Waals surface area contributed by atoms with Gasteiger partial charge in [-0.1, -0.05) is 0 Å². The molecule has 4 aliphatic carbocycles. The zero-order valence-corrected chi connectivity index (χ0v) is 13.7. The molecule has 2 unspecified atom stereocenters. The van der Waals surface area contributed by atoms with Crippen molar-refractivity contribution in [2.45, 2.75) is 56.6 Å². The van der Waals surface area contributed by atoms with Crippen LogP contribution in [0.1, 0.15) is 45.4 Å². The third-order valence-electron chi connectivity index (χ3n) is 5.32. The number of nitrogens with zero attached hydrogens (tertiary/aromatic N) is 1. The van der Waals surface area contributed by atoms with Crippen molar-refractivity contribution in [1.82, 2.24) is 0 Å². The molecule has 0 amide bonds. The minimum absolute atomic E-state index is 0.0262. The van der Waals surface area contributed by atoms with Gasteiger partial charge in [-0.2, -0.15) is 26.0 Å². The van der Waals surface area contributed by atoms with Gasteiger partial charge in [0.25, 0.3) is 0 Å². The highest BCUT2D eigenvalue weighted by molar-refractivity contribution is 7.91. The molecule has 4 bridgehead atoms. The van der Waals surface area contributed by atoms with Crippen LogP contribution in [0.3, 0.4) is 0 Å². The first-order valence-electron chi connectivity index (χ1n) is 7.65. The number of alkyl halides is 3. The molecule has 0 aliphatic heterocycles. The quantitative estimate of drug-likeness (QED) is 0.427. The van der Waals surface area contributed by atoms with Crippen LogP contribution in [-0.2, 0) is 19.6 Å². The lowest BCUT2D eigenvalue weighted by Gasteiger charge is -2.62. The molecule has 2 atom stereocenters. The van der Waals surface area contributed by atoms with Crippen LogP contribution in [0.4, 0.5) is 13.2 Å². The van der Waals surface area contributed by atoms with Crippen molar-refractivity contribution in [1.29, 1.82) is 0 Å². The van der Waals surface area contributed by atoms with Crippen LogP contribution in [0.15, 0.2) is 4.40 Å². The van der Waals surface area contributed by atoms with E-state index in [0.29, 0.717) is 25.7 Å². The Kier molecular flexibility index (Phi) is 3.71. The summed E-state index contributed by atoms with van der Waals surface area (Å²) in [6.07, 6.45) is 2.56. The second kappa shape index (κ2) is 5.09. The Hall–Kier alpha value is -1.32. The van der Waals surface area contributed by atoms with Crippen molar-refractivity contribution in [2.24, 2.45) is 21.6 Å². The molecular formula is C14H17F3NO5S-. The first-order chi connectivity index (χ1) is 10.9. The smallest absolute Gasteiger partial charge is 0.518 e. The summed E-state index contributed by atoms with van der Waals surface area (Å²) < 4.78 is 67.9. The average Bonchev–Trinajstić information content (AvgIpc) is 2.32. The maximum atomic E-state index is 12.5. The van der Waals surface area contributed by atoms with Crippen molar-refractivity contribution >= 4 is 21.9 Å². The summed E-state index contributed by atoms with van der Waals surface area (Å²) in [6, 6.07) is 0. The fourth-order valence-corrected chi connectivity index (χ4v) is 5.63. The maximum Gasteiger partial charge on any atom is 0.518 e. The van der Waals surface area contributed by atoms with E-state index in [-0.39, 0.29) is 18.3 Å². The molecular weight excluding hydrogens is 351 g/mol. The summed E-state index contributed by atoms with van der Waals surface area (Å²) in [5.74, 6) is -1.72. The van der Waals surface area contributed by atoms with E-state index in [1.807, 2.05) is 0 Å². The zero-order valence-electron chi connectivity index (χ0n) is 12.9. The van der Waals surface area contributed by atoms with Crippen LogP contribution >= 0.6 is 0 Å². The highest BCUT2D eigenvalue weighted by atomic mass is 32.2. The first-order valence-corrected chi connectivity index (χ1v) is 9.09. The molecule has 0 radical (unpaired) electrons. The molecule has 0 aromatic carbocycles. The Balaban J connectivity index is 1.97. The van der Waals surface area contributed by atoms with Crippen molar-refractivity contribution in [3.63, 3.8) is 0 Å². The van der Waals surface area contributed by atoms with E-state index >= 15 is 0 Å². The summed E-state index contributed by atoms with van der Waals surface area (Å²) in [7, 11) is -5.87. The van der Waals surface area contributed by atoms with Gasteiger partial charge in [-0.05, 0) is 56.3 Å². The molecule has 4 aliphatic rings. The third kappa shape index (κ3) is 2.78. The van der Waals surface area contributed by atoms with Gasteiger partial charge in [0, 0.05) is 12.3 Å². The van der Waals surface area contributed by atoms with Crippen LogP contribution in [0.5, 0.6) is 0 Å². The fraction of sp³-hybridized carbons (Fsp3) is 0.857. The molecule has 0 saturated heterocycles. The van der Waals surface area contributed by atoms with Gasteiger partial charge in [-0.25, -0.2) is 0 Å². The van der Waals surface area contributed by atoms with Gasteiger partial charge in [0.05, 0.1) is 0 Å². The molecule has 136 valence electrons. The van der Waals surface area contributed by atoms with Gasteiger partial charge in [0.15, 0.2) is 0 Å². The van der Waals surface area contributed by atoms with Crippen LogP contribution < -0.4 is 5.11 Å². The third-order valence-corrected chi connectivity index (χ3v) is 6.31. The summed E-state index contributed by atoms with van der Waals surface area (Å²) in [4.78, 5) is 11.4. The van der Waals surface area contributed by atoms with Crippen LogP contribution in [0.25, 0.3) is 0 Å². The number of esters is 1. The largest absolute Gasteiger partial charge is 0.861 e. The number of ether oxygens (including phenoxy) is 1. The number of sulfonamides is 1. The Morgan fingerprint density at radius 2 is 1.75 bits per heavy atom. The van der Waals surface area contributed by atoms with Crippen molar-refractivity contribution in [2.75, 3.05) is 0 Å². The molecule has 10 heteroatoms. The van der Waals surface area contributed by atoms with Gasteiger partial charge in [-0.3, -0.25) is 4.79 Å². The van der Waals surface area contributed by atoms with Gasteiger partial charge in [0.1, 0.15) is 5.60 Å². The lowest BCUT2D eigenvalue weighted by Crippen LogP contribution is -2.61. The highest BCUT2D eigenvalue weighted by Gasteiger charge is 2.60. The summed E-state index contributed by atoms with van der Waals surface area (Å²) in [5.41, 5.74) is -7.76. The normalized spacial score (nSPS) is 39.1. The number of hydrogen-bond donors (Lipinski definition) is 0. The van der Waals surface area contributed by atoms with Crippen molar-refractivity contribution in [3.05, 3.63) is 0 Å². The number of carbonyl (C=O) groups is 1. The van der Waals surface area contributed by atoms with Crippen molar-refractivity contribution < 1.29 is 36.2 Å². The van der Waals surface area contributed by atoms with E-state index < -0.39 is 38.4 Å². The second-order valence-electron chi connectivity index (χ2n) is 7.34. The summed E-state index contributed by atoms with van der Waals surface area (Å²) >= 11 is 0. The summed E-state index contributed by atoms with van der Waals surface area (Å²) in [5, 5.41) is 12.4. The van der Waals surface area contributed by atoms with Gasteiger partial charge < -0.3 is 9.84 Å². The van der Waals surface area contributed by atoms with E-state index in [4.69, 9.17) is 4.74 Å². The molecule has 0 aromatic rings. The highest BCUT2D eigenvalue weighted by Crippen LogP contribution is 2.63. The monoisotopic (exact) mass is 368 g/mol. The zero-order chi connectivity index (χ0) is 18.0. The molecule has 0 spiro atoms. The van der Waals surface area contributed by atoms with E-state index in [0.717, 1.165) is 6.42 Å². The molecule has 0 N–H and O–H groups in total. The van der Waals surface area contributed by atoms with Crippen LogP contribution in [0.2, 0.25) is 0 Å². The van der Waals surface area contributed by atoms with Crippen molar-refractivity contribution in [3.8, 4) is 0 Å². The van der Waals surface area contributed by atoms with Gasteiger partial charge in [0.2, 0.25) is 0 Å². The Morgan fingerprint density at radius 1 is 1.21 bits per heavy atom. The standard InChI is InChI=1S/C14H18F3NO5S/c1-8(19)23-13-5-9-2-10(6-13)4-12(3-9,7-13)11(20)18-24(21,22)14(15,16)17/h9-10H,2-7H2,1H3,(H,18,20)/p-1. The second-order valence-corrected chi connectivity index (χ2v) is 8.93. The fourth-order valence-electron chi connectivity index (χ4n) is 5.11. The molecule has 4 rings (SSSR count). The Labute approximate surface area is 137 Å². The van der Waals surface area contributed by atoms with E-state index in [9.17, 15) is 31.5 Å². The lowest BCUT2D eigenvalue weighted by molar-refractivity contribution is -0.253. The molecule has 4 saturated carbocycles. The van der Waals surface area contributed by atoms with Crippen LogP contribution in [0, 0.1) is 17.3 Å². The predicted octanol–water partition coefficient (Wildman–Crippen LogP) is 1.50. The molecule has 6 nitrogen and oxygen atoms in total. The number of halogens is 3. The minimum atomic E-state index is -5.87. The molecule has 0 heterocycles. The minimum Gasteiger partial charge on any atom is -0.861 e. The lowest BCUT2D eigenvalue weighted by atomic mass is 9.47. The van der Waals surface area contributed by atoms with Crippen LogP contribution in [-0.4, -0.2) is 31.4 Å². The first kappa shape index (κ1) is 17.5. The molecule has 4 fully saturated rings. The Morgan fingerprint density at radius 3 is 2.21 bits per heavy atom. The molecule has 24 heavy (non-hydrogen) atoms. The number of carbonyl (C=O) groups excluding carboxylic acids is 1. The van der Waals surface area contributed by atoms with E-state index in [2.05, 4.69) is 4.40 Å². The number of hydrogen-bond acceptors (Lipinski definition) is 5. The topological polar surface area (TPSA) is 95.9 Å². The molecule has 0 aromatic heterocycles. The number of rotatable bonds is 3. The maximum absolute atomic E-state index is 12.5.